The van der Waals surface area contributed by atoms with Crippen molar-refractivity contribution >= 4 is 5.97 Å². The van der Waals surface area contributed by atoms with Crippen molar-refractivity contribution in [3.8, 4) is 0 Å². The van der Waals surface area contributed by atoms with Crippen LogP contribution >= 0.6 is 0 Å². The fourth-order valence-electron chi connectivity index (χ4n) is 2.96. The monoisotopic (exact) mass is 420 g/mol. The zero-order chi connectivity index (χ0) is 23.2. The van der Waals surface area contributed by atoms with Crippen LogP contribution in [-0.2, 0) is 19.0 Å². The van der Waals surface area contributed by atoms with Crippen molar-refractivity contribution in [2.24, 2.45) is 0 Å². The molecule has 0 aromatic heterocycles. The minimum atomic E-state index is -0.544. The number of rotatable bonds is 13. The third-order valence-electron chi connectivity index (χ3n) is 4.49. The molecule has 0 aliphatic carbocycles. The zero-order valence-electron chi connectivity index (χ0n) is 20.8. The Hall–Kier alpha value is -1.65. The SMILES string of the molecule is COC(OC)C(=CC(=O)OC(C)(C)C)CCC=C(C)CCC=C(C)CCC=C(C)C. The van der Waals surface area contributed by atoms with E-state index < -0.39 is 11.9 Å². The standard InChI is InChI=1S/C26H44O4/c1-20(2)13-10-14-21(3)15-11-16-22(4)17-12-18-23(25(28-8)29-9)19-24(27)30-26(5,6)7/h13,15,17,19,25H,10-12,14,16,18H2,1-9H3. The Morgan fingerprint density at radius 2 is 1.27 bits per heavy atom. The lowest BCUT2D eigenvalue weighted by Gasteiger charge is -2.20. The van der Waals surface area contributed by atoms with Crippen LogP contribution in [0.15, 0.2) is 46.6 Å². The molecule has 0 bridgehead atoms. The fraction of sp³-hybridized carbons (Fsp3) is 0.654. The van der Waals surface area contributed by atoms with Crippen molar-refractivity contribution in [3.05, 3.63) is 46.6 Å². The summed E-state index contributed by atoms with van der Waals surface area (Å²) in [6.07, 6.45) is 13.7. The highest BCUT2D eigenvalue weighted by atomic mass is 16.7. The summed E-state index contributed by atoms with van der Waals surface area (Å²) in [5, 5.41) is 0. The number of hydrogen-bond donors (Lipinski definition) is 0. The quantitative estimate of drug-likeness (QED) is 0.138. The van der Waals surface area contributed by atoms with E-state index >= 15 is 0 Å². The summed E-state index contributed by atoms with van der Waals surface area (Å²) in [5.41, 5.74) is 4.44. The molecular formula is C26H44O4. The van der Waals surface area contributed by atoms with Crippen molar-refractivity contribution in [1.29, 1.82) is 0 Å². The van der Waals surface area contributed by atoms with Crippen LogP contribution in [0.2, 0.25) is 0 Å². The third-order valence-corrected chi connectivity index (χ3v) is 4.49. The third kappa shape index (κ3) is 15.2. The highest BCUT2D eigenvalue weighted by molar-refractivity contribution is 5.83. The lowest BCUT2D eigenvalue weighted by atomic mass is 10.0. The molecule has 0 aliphatic rings. The fourth-order valence-corrected chi connectivity index (χ4v) is 2.96. The summed E-state index contributed by atoms with van der Waals surface area (Å²) in [6, 6.07) is 0. The first-order valence-electron chi connectivity index (χ1n) is 10.9. The van der Waals surface area contributed by atoms with E-state index in [0.29, 0.717) is 6.42 Å². The molecular weight excluding hydrogens is 376 g/mol. The van der Waals surface area contributed by atoms with Gasteiger partial charge in [-0.2, -0.15) is 0 Å². The molecule has 0 rings (SSSR count). The summed E-state index contributed by atoms with van der Waals surface area (Å²) < 4.78 is 16.1. The van der Waals surface area contributed by atoms with E-state index in [4.69, 9.17) is 14.2 Å². The van der Waals surface area contributed by atoms with Gasteiger partial charge in [-0.05, 0) is 92.6 Å². The second-order valence-electron chi connectivity index (χ2n) is 9.05. The number of methoxy groups -OCH3 is 2. The molecule has 4 nitrogen and oxygen atoms in total. The summed E-state index contributed by atoms with van der Waals surface area (Å²) in [6.45, 7) is 14.2. The van der Waals surface area contributed by atoms with Crippen LogP contribution in [0.1, 0.15) is 87.0 Å². The number of ether oxygens (including phenoxy) is 3. The normalized spacial score (nSPS) is 13.6. The Kier molecular flexibility index (Phi) is 14.4. The Morgan fingerprint density at radius 1 is 0.800 bits per heavy atom. The molecule has 0 aromatic carbocycles. The van der Waals surface area contributed by atoms with Crippen molar-refractivity contribution in [2.75, 3.05) is 14.2 Å². The topological polar surface area (TPSA) is 44.8 Å². The second kappa shape index (κ2) is 15.2. The van der Waals surface area contributed by atoms with Crippen molar-refractivity contribution in [2.45, 2.75) is 98.9 Å². The first-order valence-corrected chi connectivity index (χ1v) is 10.9. The van der Waals surface area contributed by atoms with Gasteiger partial charge in [0.25, 0.3) is 0 Å². The van der Waals surface area contributed by atoms with Crippen LogP contribution in [0.25, 0.3) is 0 Å². The molecule has 0 fully saturated rings. The molecule has 0 aromatic rings. The van der Waals surface area contributed by atoms with Gasteiger partial charge in [-0.15, -0.1) is 0 Å². The maximum Gasteiger partial charge on any atom is 0.331 e. The molecule has 0 aliphatic heterocycles. The smallest absolute Gasteiger partial charge is 0.331 e. The number of allylic oxidation sites excluding steroid dienone is 6. The highest BCUT2D eigenvalue weighted by Crippen LogP contribution is 2.18. The van der Waals surface area contributed by atoms with Gasteiger partial charge in [-0.1, -0.05) is 34.9 Å². The van der Waals surface area contributed by atoms with Crippen LogP contribution in [-0.4, -0.2) is 32.1 Å². The average Bonchev–Trinajstić information content (AvgIpc) is 2.60. The number of hydrogen-bond acceptors (Lipinski definition) is 4. The molecule has 0 N–H and O–H groups in total. The van der Waals surface area contributed by atoms with E-state index in [2.05, 4.69) is 45.9 Å². The van der Waals surface area contributed by atoms with E-state index in [0.717, 1.165) is 37.7 Å². The minimum absolute atomic E-state index is 0.369. The largest absolute Gasteiger partial charge is 0.457 e. The van der Waals surface area contributed by atoms with Gasteiger partial charge in [-0.25, -0.2) is 4.79 Å². The summed E-state index contributed by atoms with van der Waals surface area (Å²) in [4.78, 5) is 12.2. The van der Waals surface area contributed by atoms with E-state index in [-0.39, 0.29) is 5.97 Å². The maximum atomic E-state index is 12.2. The molecule has 0 saturated heterocycles. The summed E-state index contributed by atoms with van der Waals surface area (Å²) in [7, 11) is 3.15. The van der Waals surface area contributed by atoms with Gasteiger partial charge in [0.15, 0.2) is 6.29 Å². The van der Waals surface area contributed by atoms with E-state index in [1.165, 1.54) is 22.8 Å². The van der Waals surface area contributed by atoms with Gasteiger partial charge in [0.1, 0.15) is 5.60 Å². The average molecular weight is 421 g/mol. The lowest BCUT2D eigenvalue weighted by molar-refractivity contribution is -0.149. The minimum Gasteiger partial charge on any atom is -0.457 e. The molecule has 4 heteroatoms. The van der Waals surface area contributed by atoms with Crippen LogP contribution in [0, 0.1) is 0 Å². The molecule has 0 radical (unpaired) electrons. The molecule has 0 amide bonds. The van der Waals surface area contributed by atoms with E-state index in [9.17, 15) is 4.79 Å². The predicted molar refractivity (Wildman–Crippen MR) is 126 cm³/mol. The van der Waals surface area contributed by atoms with Gasteiger partial charge < -0.3 is 14.2 Å². The van der Waals surface area contributed by atoms with Crippen LogP contribution in [0.3, 0.4) is 0 Å². The van der Waals surface area contributed by atoms with Crippen LogP contribution in [0.5, 0.6) is 0 Å². The molecule has 0 unspecified atom stereocenters. The van der Waals surface area contributed by atoms with Crippen LogP contribution in [0.4, 0.5) is 0 Å². The Balaban J connectivity index is 4.74. The van der Waals surface area contributed by atoms with E-state index in [1.54, 1.807) is 14.2 Å². The maximum absolute atomic E-state index is 12.2. The molecule has 0 atom stereocenters. The van der Waals surface area contributed by atoms with E-state index in [1.807, 2.05) is 20.8 Å². The van der Waals surface area contributed by atoms with Crippen molar-refractivity contribution in [1.82, 2.24) is 0 Å². The van der Waals surface area contributed by atoms with Gasteiger partial charge >= 0.3 is 5.97 Å². The number of esters is 1. The van der Waals surface area contributed by atoms with Crippen molar-refractivity contribution in [3.63, 3.8) is 0 Å². The van der Waals surface area contributed by atoms with Crippen molar-refractivity contribution < 1.29 is 19.0 Å². The van der Waals surface area contributed by atoms with Crippen LogP contribution < -0.4 is 0 Å². The number of carbonyl (C=O) groups is 1. The number of carbonyl (C=O) groups excluding carboxylic acids is 1. The Labute approximate surface area is 185 Å². The predicted octanol–water partition coefficient (Wildman–Crippen LogP) is 7.07. The van der Waals surface area contributed by atoms with Gasteiger partial charge in [0.05, 0.1) is 0 Å². The molecule has 172 valence electrons. The second-order valence-corrected chi connectivity index (χ2v) is 9.05. The Bertz CT molecular complexity index is 622. The first kappa shape index (κ1) is 28.4. The summed E-state index contributed by atoms with van der Waals surface area (Å²) >= 11 is 0. The lowest BCUT2D eigenvalue weighted by Crippen LogP contribution is -2.24. The van der Waals surface area contributed by atoms with Gasteiger partial charge in [0.2, 0.25) is 0 Å². The highest BCUT2D eigenvalue weighted by Gasteiger charge is 2.18. The first-order chi connectivity index (χ1) is 14.0. The zero-order valence-corrected chi connectivity index (χ0v) is 20.8. The summed E-state index contributed by atoms with van der Waals surface area (Å²) in [5.74, 6) is -0.369. The van der Waals surface area contributed by atoms with Gasteiger partial charge in [0, 0.05) is 20.3 Å². The molecule has 0 saturated carbocycles. The molecule has 0 spiro atoms. The molecule has 30 heavy (non-hydrogen) atoms. The van der Waals surface area contributed by atoms with Gasteiger partial charge in [-0.3, -0.25) is 0 Å². The Morgan fingerprint density at radius 3 is 1.70 bits per heavy atom. The molecule has 0 heterocycles.